The summed E-state index contributed by atoms with van der Waals surface area (Å²) in [6.45, 7) is 5.22. The van der Waals surface area contributed by atoms with Gasteiger partial charge in [-0.1, -0.05) is 0 Å². The molecule has 0 N–H and O–H groups in total. The van der Waals surface area contributed by atoms with Crippen molar-refractivity contribution < 1.29 is 19.4 Å². The minimum atomic E-state index is 0.916. The Bertz CT molecular complexity index is 127. The van der Waals surface area contributed by atoms with Crippen LogP contribution in [-0.4, -0.2) is 9.23 Å². The van der Waals surface area contributed by atoms with Gasteiger partial charge in [-0.05, 0) is 0 Å². The predicted molar refractivity (Wildman–Crippen MR) is 41.4 cm³/mol. The molecule has 0 aliphatic carbocycles. The Hall–Kier alpha value is 0.518. The van der Waals surface area contributed by atoms with Crippen LogP contribution in [0.15, 0.2) is 18.2 Å². The van der Waals surface area contributed by atoms with Gasteiger partial charge in [0.25, 0.3) is 0 Å². The molecule has 0 spiro atoms. The van der Waals surface area contributed by atoms with E-state index in [1.54, 1.807) is 6.08 Å². The first kappa shape index (κ1) is 9.52. The predicted octanol–water partition coefficient (Wildman–Crippen LogP) is 2.04. The Balaban J connectivity index is 3.49. The van der Waals surface area contributed by atoms with Crippen LogP contribution in [0.4, 0.5) is 0 Å². The molecule has 0 amide bonds. The summed E-state index contributed by atoms with van der Waals surface area (Å²) in [6.07, 6.45) is 6.78. The second-order valence-corrected chi connectivity index (χ2v) is 3.99. The van der Waals surface area contributed by atoms with E-state index in [1.807, 2.05) is 0 Å². The van der Waals surface area contributed by atoms with Crippen molar-refractivity contribution in [3.8, 4) is 0 Å². The zero-order valence-corrected chi connectivity index (χ0v) is 9.53. The van der Waals surface area contributed by atoms with E-state index in [0.717, 1.165) is 11.8 Å². The van der Waals surface area contributed by atoms with E-state index in [0.29, 0.717) is 0 Å². The summed E-state index contributed by atoms with van der Waals surface area (Å²) in [7, 11) is 0. The fraction of sp³-hybridized carbons (Fsp3) is 0.286. The summed E-state index contributed by atoms with van der Waals surface area (Å²) in [5.74, 6) is 0. The molecule has 0 aromatic rings. The molecule has 0 fully saturated rings. The van der Waals surface area contributed by atoms with Crippen LogP contribution in [0.2, 0.25) is 0 Å². The van der Waals surface area contributed by atoms with E-state index < -0.39 is 0 Å². The van der Waals surface area contributed by atoms with Gasteiger partial charge in [0.15, 0.2) is 0 Å². The fourth-order valence-electron chi connectivity index (χ4n) is 0.360. The van der Waals surface area contributed by atoms with Crippen LogP contribution in [0, 0.1) is 6.58 Å². The van der Waals surface area contributed by atoms with Crippen LogP contribution in [0.3, 0.4) is 0 Å². The summed E-state index contributed by atoms with van der Waals surface area (Å²) in [4.78, 5) is 0. The van der Waals surface area contributed by atoms with Gasteiger partial charge >= 0.3 is 75.7 Å². The number of hydrogen-bond acceptors (Lipinski definition) is 0. The monoisotopic (exact) mass is 355 g/mol. The van der Waals surface area contributed by atoms with Gasteiger partial charge in [-0.3, -0.25) is 0 Å². The molecule has 0 aromatic carbocycles. The van der Waals surface area contributed by atoms with E-state index in [9.17, 15) is 0 Å². The number of alkyl halides is 1. The molecule has 9 heavy (non-hydrogen) atoms. The summed E-state index contributed by atoms with van der Waals surface area (Å²) in [6, 6.07) is 0. The van der Waals surface area contributed by atoms with Crippen LogP contribution < -0.4 is 0 Å². The Kier molecular flexibility index (Phi) is 7.02. The van der Waals surface area contributed by atoms with Crippen molar-refractivity contribution in [1.82, 2.24) is 0 Å². The Morgan fingerprint density at radius 3 is 2.78 bits per heavy atom. The topological polar surface area (TPSA) is 0 Å². The van der Waals surface area contributed by atoms with E-state index in [-0.39, 0.29) is 0 Å². The summed E-state index contributed by atoms with van der Waals surface area (Å²) in [5, 5.41) is 0.925. The van der Waals surface area contributed by atoms with Crippen LogP contribution >= 0.6 is 15.9 Å². The minimum absolute atomic E-state index is 0.916. The second-order valence-electron chi connectivity index (χ2n) is 1.46. The maximum absolute atomic E-state index is 5.22. The van der Waals surface area contributed by atoms with Crippen molar-refractivity contribution >= 4 is 19.8 Å². The molecule has 0 aliphatic heterocycles. The molecule has 0 unspecified atom stereocenters. The molecular weight excluding hydrogens is 348 g/mol. The van der Waals surface area contributed by atoms with Crippen LogP contribution in [0.25, 0.3) is 0 Å². The van der Waals surface area contributed by atoms with Gasteiger partial charge < -0.3 is 0 Å². The number of hydrogen-bond donors (Lipinski definition) is 0. The third kappa shape index (κ3) is 6.40. The Morgan fingerprint density at radius 2 is 2.33 bits per heavy atom. The molecule has 0 saturated heterocycles. The normalized spacial score (nSPS) is 9.89. The molecule has 0 aliphatic rings. The van der Waals surface area contributed by atoms with Crippen molar-refractivity contribution in [3.63, 3.8) is 0 Å². The maximum atomic E-state index is 5.22. The second kappa shape index (κ2) is 6.64. The fourth-order valence-corrected chi connectivity index (χ4v) is 1.24. The SMILES string of the molecule is [CH-]=CC[C](=[W])/C=C\CBr. The van der Waals surface area contributed by atoms with E-state index in [4.69, 9.17) is 6.58 Å². The van der Waals surface area contributed by atoms with Gasteiger partial charge in [0.05, 0.1) is 0 Å². The summed E-state index contributed by atoms with van der Waals surface area (Å²) < 4.78 is 1.37. The summed E-state index contributed by atoms with van der Waals surface area (Å²) >= 11 is 4.79. The number of rotatable bonds is 4. The molecule has 0 radical (unpaired) electrons. The third-order valence-electron chi connectivity index (χ3n) is 0.712. The van der Waals surface area contributed by atoms with Gasteiger partial charge in [-0.25, -0.2) is 0 Å². The molecular formula is C7H8BrW-. The van der Waals surface area contributed by atoms with Crippen molar-refractivity contribution in [2.45, 2.75) is 6.42 Å². The molecule has 0 nitrogen and oxygen atoms in total. The molecule has 0 rings (SSSR count). The van der Waals surface area contributed by atoms with Crippen molar-refractivity contribution in [2.75, 3.05) is 5.33 Å². The average molecular weight is 356 g/mol. The molecule has 0 aromatic heterocycles. The quantitative estimate of drug-likeness (QED) is 0.535. The van der Waals surface area contributed by atoms with Gasteiger partial charge in [0.2, 0.25) is 0 Å². The van der Waals surface area contributed by atoms with Gasteiger partial charge in [-0.15, -0.1) is 0 Å². The van der Waals surface area contributed by atoms with Crippen LogP contribution in [-0.2, 0) is 19.4 Å². The number of allylic oxidation sites excluding steroid dienone is 3. The van der Waals surface area contributed by atoms with E-state index >= 15 is 0 Å². The van der Waals surface area contributed by atoms with Gasteiger partial charge in [-0.2, -0.15) is 0 Å². The van der Waals surface area contributed by atoms with E-state index in [2.05, 4.69) is 28.1 Å². The zero-order chi connectivity index (χ0) is 7.11. The van der Waals surface area contributed by atoms with Gasteiger partial charge in [0.1, 0.15) is 0 Å². The molecule has 0 heterocycles. The molecule has 50 valence electrons. The standard InChI is InChI=1S/C7H8Br.W/c1-2-3-4-5-6-7-8;/h1-2,5-6H,3,7H2;/q-1;/b6-5-;. The van der Waals surface area contributed by atoms with Crippen molar-refractivity contribution in [3.05, 3.63) is 24.8 Å². The Labute approximate surface area is 75.6 Å². The summed E-state index contributed by atoms with van der Waals surface area (Å²) in [5.41, 5.74) is 0. The van der Waals surface area contributed by atoms with Crippen LogP contribution in [0.1, 0.15) is 6.42 Å². The van der Waals surface area contributed by atoms with Crippen molar-refractivity contribution in [1.29, 1.82) is 0 Å². The van der Waals surface area contributed by atoms with E-state index in [1.165, 1.54) is 23.3 Å². The average Bonchev–Trinajstić information content (AvgIpc) is 1.85. The molecule has 2 heteroatoms. The number of halogens is 1. The molecule has 0 saturated carbocycles. The first-order valence-corrected chi connectivity index (χ1v) is 5.18. The third-order valence-corrected chi connectivity index (χ3v) is 2.17. The Morgan fingerprint density at radius 1 is 1.67 bits per heavy atom. The first-order valence-electron chi connectivity index (χ1n) is 2.60. The first-order chi connectivity index (χ1) is 4.31. The van der Waals surface area contributed by atoms with Gasteiger partial charge in [0, 0.05) is 0 Å². The zero-order valence-electron chi connectivity index (χ0n) is 5.01. The van der Waals surface area contributed by atoms with Crippen LogP contribution in [0.5, 0.6) is 0 Å². The van der Waals surface area contributed by atoms with Crippen molar-refractivity contribution in [2.24, 2.45) is 0 Å². The molecule has 0 atom stereocenters. The molecule has 0 bridgehead atoms.